The van der Waals surface area contributed by atoms with E-state index in [2.05, 4.69) is 12.2 Å². The smallest absolute Gasteiger partial charge is 0.161 e. The van der Waals surface area contributed by atoms with Crippen molar-refractivity contribution in [2.75, 3.05) is 20.8 Å². The number of benzene rings is 1. The molecule has 0 aromatic heterocycles. The van der Waals surface area contributed by atoms with E-state index >= 15 is 0 Å². The van der Waals surface area contributed by atoms with E-state index in [1.165, 1.54) is 11.1 Å². The fraction of sp³-hybridized carbons (Fsp3) is 0.600. The fourth-order valence-corrected chi connectivity index (χ4v) is 1.85. The molecule has 1 aromatic rings. The van der Waals surface area contributed by atoms with Crippen LogP contribution >= 0.6 is 0 Å². The maximum absolute atomic E-state index is 5.95. The van der Waals surface area contributed by atoms with Crippen molar-refractivity contribution in [3.8, 4) is 11.5 Å². The Morgan fingerprint density at radius 1 is 1.16 bits per heavy atom. The molecular weight excluding hydrogens is 240 g/mol. The molecule has 0 saturated heterocycles. The summed E-state index contributed by atoms with van der Waals surface area (Å²) in [5, 5.41) is 3.41. The highest BCUT2D eigenvalue weighted by Gasteiger charge is 2.11. The van der Waals surface area contributed by atoms with Crippen LogP contribution in [-0.2, 0) is 6.54 Å². The van der Waals surface area contributed by atoms with Gasteiger partial charge in [0.1, 0.15) is 0 Å². The van der Waals surface area contributed by atoms with E-state index in [4.69, 9.17) is 15.2 Å². The minimum atomic E-state index is -0.125. The minimum Gasteiger partial charge on any atom is -0.493 e. The van der Waals surface area contributed by atoms with E-state index in [0.717, 1.165) is 31.0 Å². The number of nitrogens with two attached hydrogens (primary N) is 1. The molecule has 0 atom stereocenters. The first-order valence-electron chi connectivity index (χ1n) is 6.58. The van der Waals surface area contributed by atoms with E-state index in [9.17, 15) is 0 Å². The zero-order valence-corrected chi connectivity index (χ0v) is 12.7. The Labute approximate surface area is 116 Å². The first kappa shape index (κ1) is 15.8. The summed E-state index contributed by atoms with van der Waals surface area (Å²) < 4.78 is 10.6. The number of aryl methyl sites for hydroxylation is 1. The van der Waals surface area contributed by atoms with Crippen molar-refractivity contribution in [2.24, 2.45) is 5.73 Å². The van der Waals surface area contributed by atoms with Crippen molar-refractivity contribution in [3.05, 3.63) is 23.3 Å². The van der Waals surface area contributed by atoms with Crippen LogP contribution in [-0.4, -0.2) is 26.3 Å². The highest BCUT2D eigenvalue weighted by atomic mass is 16.5. The molecule has 0 unspecified atom stereocenters. The Morgan fingerprint density at radius 3 is 2.26 bits per heavy atom. The second-order valence-corrected chi connectivity index (χ2v) is 5.55. The largest absolute Gasteiger partial charge is 0.493 e. The van der Waals surface area contributed by atoms with E-state index in [0.29, 0.717) is 0 Å². The van der Waals surface area contributed by atoms with Crippen molar-refractivity contribution >= 4 is 0 Å². The molecule has 3 N–H and O–H groups in total. The summed E-state index contributed by atoms with van der Waals surface area (Å²) in [7, 11) is 3.31. The lowest BCUT2D eigenvalue weighted by atomic mass is 10.0. The molecule has 1 rings (SSSR count). The van der Waals surface area contributed by atoms with Gasteiger partial charge in [0.05, 0.1) is 14.2 Å². The van der Waals surface area contributed by atoms with Crippen molar-refractivity contribution < 1.29 is 9.47 Å². The summed E-state index contributed by atoms with van der Waals surface area (Å²) in [4.78, 5) is 0. The normalized spacial score (nSPS) is 11.5. The molecule has 1 aromatic carbocycles. The Morgan fingerprint density at radius 2 is 1.74 bits per heavy atom. The molecule has 0 spiro atoms. The van der Waals surface area contributed by atoms with Gasteiger partial charge in [0.2, 0.25) is 0 Å². The van der Waals surface area contributed by atoms with Crippen LogP contribution in [0.1, 0.15) is 31.4 Å². The average Bonchev–Trinajstić information content (AvgIpc) is 2.34. The Hall–Kier alpha value is -1.26. The molecular formula is C15H26N2O2. The molecule has 19 heavy (non-hydrogen) atoms. The SMILES string of the molecule is COc1cc(C)c(CNCCC(C)(C)N)cc1OC. The summed E-state index contributed by atoms with van der Waals surface area (Å²) in [5.74, 6) is 1.54. The number of ether oxygens (including phenoxy) is 2. The minimum absolute atomic E-state index is 0.125. The average molecular weight is 266 g/mol. The highest BCUT2D eigenvalue weighted by Crippen LogP contribution is 2.30. The van der Waals surface area contributed by atoms with Crippen molar-refractivity contribution in [1.29, 1.82) is 0 Å². The first-order chi connectivity index (χ1) is 8.87. The Balaban J connectivity index is 2.63. The van der Waals surface area contributed by atoms with Crippen LogP contribution < -0.4 is 20.5 Å². The molecule has 0 aliphatic carbocycles. The molecule has 0 saturated carbocycles. The predicted octanol–water partition coefficient (Wildman–Crippen LogP) is 2.23. The van der Waals surface area contributed by atoms with Gasteiger partial charge in [-0.15, -0.1) is 0 Å². The van der Waals surface area contributed by atoms with Crippen molar-refractivity contribution in [3.63, 3.8) is 0 Å². The van der Waals surface area contributed by atoms with Gasteiger partial charge in [-0.05, 0) is 57.0 Å². The van der Waals surface area contributed by atoms with Gasteiger partial charge in [0.15, 0.2) is 11.5 Å². The highest BCUT2D eigenvalue weighted by molar-refractivity contribution is 5.46. The maximum atomic E-state index is 5.95. The quantitative estimate of drug-likeness (QED) is 0.743. The van der Waals surface area contributed by atoms with Crippen LogP contribution in [0, 0.1) is 6.92 Å². The van der Waals surface area contributed by atoms with Gasteiger partial charge in [-0.2, -0.15) is 0 Å². The van der Waals surface area contributed by atoms with Gasteiger partial charge >= 0.3 is 0 Å². The number of hydrogen-bond acceptors (Lipinski definition) is 4. The second-order valence-electron chi connectivity index (χ2n) is 5.55. The van der Waals surface area contributed by atoms with E-state index in [1.807, 2.05) is 26.0 Å². The van der Waals surface area contributed by atoms with Crippen LogP contribution in [0.15, 0.2) is 12.1 Å². The van der Waals surface area contributed by atoms with Crippen LogP contribution in [0.4, 0.5) is 0 Å². The van der Waals surface area contributed by atoms with E-state index < -0.39 is 0 Å². The van der Waals surface area contributed by atoms with Crippen LogP contribution in [0.5, 0.6) is 11.5 Å². The van der Waals surface area contributed by atoms with Crippen molar-refractivity contribution in [2.45, 2.75) is 39.3 Å². The molecule has 0 amide bonds. The summed E-state index contributed by atoms with van der Waals surface area (Å²) in [6, 6.07) is 4.03. The van der Waals surface area contributed by atoms with Gasteiger partial charge in [-0.3, -0.25) is 0 Å². The molecule has 4 heteroatoms. The zero-order valence-electron chi connectivity index (χ0n) is 12.7. The van der Waals surface area contributed by atoms with Crippen LogP contribution in [0.25, 0.3) is 0 Å². The lowest BCUT2D eigenvalue weighted by molar-refractivity contribution is 0.354. The molecule has 0 fully saturated rings. The number of nitrogens with one attached hydrogen (secondary N) is 1. The van der Waals surface area contributed by atoms with E-state index in [-0.39, 0.29) is 5.54 Å². The maximum Gasteiger partial charge on any atom is 0.161 e. The molecule has 0 bridgehead atoms. The van der Waals surface area contributed by atoms with Gasteiger partial charge in [0.25, 0.3) is 0 Å². The third-order valence-electron chi connectivity index (χ3n) is 3.10. The summed E-state index contributed by atoms with van der Waals surface area (Å²) in [5.41, 5.74) is 8.23. The molecule has 108 valence electrons. The van der Waals surface area contributed by atoms with Gasteiger partial charge in [-0.1, -0.05) is 0 Å². The van der Waals surface area contributed by atoms with Gasteiger partial charge in [0, 0.05) is 12.1 Å². The third-order valence-corrected chi connectivity index (χ3v) is 3.10. The second kappa shape index (κ2) is 6.78. The third kappa shape index (κ3) is 5.09. The molecule has 0 aliphatic rings. The lowest BCUT2D eigenvalue weighted by Gasteiger charge is -2.19. The van der Waals surface area contributed by atoms with Crippen molar-refractivity contribution in [1.82, 2.24) is 5.32 Å². The predicted molar refractivity (Wildman–Crippen MR) is 78.9 cm³/mol. The summed E-state index contributed by atoms with van der Waals surface area (Å²) >= 11 is 0. The van der Waals surface area contributed by atoms with E-state index in [1.54, 1.807) is 14.2 Å². The molecule has 0 radical (unpaired) electrons. The number of rotatable bonds is 7. The molecule has 4 nitrogen and oxygen atoms in total. The topological polar surface area (TPSA) is 56.5 Å². The first-order valence-corrected chi connectivity index (χ1v) is 6.58. The fourth-order valence-electron chi connectivity index (χ4n) is 1.85. The summed E-state index contributed by atoms with van der Waals surface area (Å²) in [6.45, 7) is 7.86. The Kier molecular flexibility index (Phi) is 5.63. The molecule has 0 aliphatic heterocycles. The van der Waals surface area contributed by atoms with Gasteiger partial charge < -0.3 is 20.5 Å². The molecule has 0 heterocycles. The standard InChI is InChI=1S/C15H26N2O2/c1-11-8-13(18-4)14(19-5)9-12(11)10-17-7-6-15(2,3)16/h8-9,17H,6-7,10,16H2,1-5H3. The zero-order chi connectivity index (χ0) is 14.5. The van der Waals surface area contributed by atoms with Crippen LogP contribution in [0.3, 0.4) is 0 Å². The summed E-state index contributed by atoms with van der Waals surface area (Å²) in [6.07, 6.45) is 0.944. The number of hydrogen-bond donors (Lipinski definition) is 2. The number of methoxy groups -OCH3 is 2. The lowest BCUT2D eigenvalue weighted by Crippen LogP contribution is -2.35. The van der Waals surface area contributed by atoms with Crippen LogP contribution in [0.2, 0.25) is 0 Å². The Bertz CT molecular complexity index is 411. The monoisotopic (exact) mass is 266 g/mol. The van der Waals surface area contributed by atoms with Gasteiger partial charge in [-0.25, -0.2) is 0 Å².